The number of amides is 1. The fourth-order valence-electron chi connectivity index (χ4n) is 3.38. The number of benzene rings is 3. The van der Waals surface area contributed by atoms with Crippen molar-refractivity contribution in [3.8, 4) is 17.0 Å². The van der Waals surface area contributed by atoms with E-state index in [1.165, 1.54) is 11.3 Å². The zero-order chi connectivity index (χ0) is 22.6. The molecule has 0 saturated heterocycles. The summed E-state index contributed by atoms with van der Waals surface area (Å²) in [6.45, 7) is 0.591. The predicted molar refractivity (Wildman–Crippen MR) is 135 cm³/mol. The first-order valence-corrected chi connectivity index (χ1v) is 11.9. The maximum absolute atomic E-state index is 11.8. The van der Waals surface area contributed by atoms with Crippen LogP contribution in [0, 0.1) is 0 Å². The molecule has 2 heterocycles. The minimum Gasteiger partial charge on any atom is -0.482 e. The number of ether oxygens (including phenoxy) is 1. The zero-order valence-electron chi connectivity index (χ0n) is 17.4. The smallest absolute Gasteiger partial charge is 0.262 e. The number of nitrogens with one attached hydrogen (secondary N) is 1. The van der Waals surface area contributed by atoms with E-state index in [1.54, 1.807) is 0 Å². The number of rotatable bonds is 5. The van der Waals surface area contributed by atoms with E-state index in [0.717, 1.165) is 31.7 Å². The number of carbonyl (C=O) groups is 1. The molecule has 1 aliphatic heterocycles. The van der Waals surface area contributed by atoms with E-state index < -0.39 is 0 Å². The van der Waals surface area contributed by atoms with Crippen LogP contribution >= 0.6 is 27.3 Å². The van der Waals surface area contributed by atoms with Crippen LogP contribution in [0.15, 0.2) is 92.7 Å². The highest BCUT2D eigenvalue weighted by atomic mass is 79.9. The van der Waals surface area contributed by atoms with Crippen LogP contribution in [0.4, 0.5) is 5.69 Å². The molecule has 8 heteroatoms. The quantitative estimate of drug-likeness (QED) is 0.364. The molecule has 5 rings (SSSR count). The molecular formula is C25H19BrN4O2S. The van der Waals surface area contributed by atoms with Crippen molar-refractivity contribution in [1.82, 2.24) is 4.68 Å². The van der Waals surface area contributed by atoms with Gasteiger partial charge in [-0.2, -0.15) is 5.10 Å². The molecule has 0 fully saturated rings. The van der Waals surface area contributed by atoms with Gasteiger partial charge in [0.25, 0.3) is 5.91 Å². The summed E-state index contributed by atoms with van der Waals surface area (Å²) in [4.78, 5) is 17.4. The van der Waals surface area contributed by atoms with Crippen molar-refractivity contribution in [2.75, 3.05) is 11.9 Å². The highest BCUT2D eigenvalue weighted by molar-refractivity contribution is 9.10. The lowest BCUT2D eigenvalue weighted by Gasteiger charge is -2.18. The number of anilines is 1. The number of nitrogens with zero attached hydrogens (tertiary/aromatic N) is 3. The largest absolute Gasteiger partial charge is 0.482 e. The number of thiazole rings is 1. The van der Waals surface area contributed by atoms with Gasteiger partial charge >= 0.3 is 0 Å². The van der Waals surface area contributed by atoms with Gasteiger partial charge < -0.3 is 10.1 Å². The van der Waals surface area contributed by atoms with Crippen molar-refractivity contribution in [2.24, 2.45) is 10.1 Å². The Labute approximate surface area is 203 Å². The van der Waals surface area contributed by atoms with E-state index in [2.05, 4.69) is 33.4 Å². The van der Waals surface area contributed by atoms with Crippen LogP contribution in [0.1, 0.15) is 11.1 Å². The second-order valence-electron chi connectivity index (χ2n) is 7.36. The highest BCUT2D eigenvalue weighted by Crippen LogP contribution is 2.32. The molecule has 0 aliphatic carbocycles. The topological polar surface area (TPSA) is 68.0 Å². The van der Waals surface area contributed by atoms with Crippen molar-refractivity contribution in [3.05, 3.63) is 98.6 Å². The molecule has 1 aliphatic rings. The van der Waals surface area contributed by atoms with Crippen LogP contribution in [0.25, 0.3) is 11.3 Å². The monoisotopic (exact) mass is 518 g/mol. The Hall–Kier alpha value is -3.49. The Kier molecular flexibility index (Phi) is 6.19. The molecule has 0 bridgehead atoms. The van der Waals surface area contributed by atoms with Gasteiger partial charge in [0.2, 0.25) is 4.80 Å². The number of hydrogen-bond donors (Lipinski definition) is 1. The third-order valence-electron chi connectivity index (χ3n) is 5.03. The van der Waals surface area contributed by atoms with E-state index in [4.69, 9.17) is 14.8 Å². The average Bonchev–Trinajstić information content (AvgIpc) is 3.25. The lowest BCUT2D eigenvalue weighted by Crippen LogP contribution is -2.25. The second-order valence-corrected chi connectivity index (χ2v) is 9.11. The van der Waals surface area contributed by atoms with Gasteiger partial charge in [-0.05, 0) is 41.5 Å². The first kappa shape index (κ1) is 21.4. The number of aromatic nitrogens is 1. The number of carbonyl (C=O) groups excluding carboxylic acids is 1. The summed E-state index contributed by atoms with van der Waals surface area (Å²) in [5.74, 6) is 0.497. The molecule has 4 aromatic rings. The highest BCUT2D eigenvalue weighted by Gasteiger charge is 2.17. The number of hydrogen-bond acceptors (Lipinski definition) is 5. The fourth-order valence-corrected chi connectivity index (χ4v) is 4.48. The van der Waals surface area contributed by atoms with Crippen LogP contribution in [0.5, 0.6) is 5.75 Å². The molecule has 3 aromatic carbocycles. The van der Waals surface area contributed by atoms with Crippen molar-refractivity contribution < 1.29 is 9.53 Å². The van der Waals surface area contributed by atoms with E-state index in [-0.39, 0.29) is 12.5 Å². The van der Waals surface area contributed by atoms with Crippen molar-refractivity contribution >= 4 is 45.1 Å². The Bertz CT molecular complexity index is 1390. The fraction of sp³-hybridized carbons (Fsp3) is 0.0800. The summed E-state index contributed by atoms with van der Waals surface area (Å²) >= 11 is 4.99. The molecule has 1 aromatic heterocycles. The third-order valence-corrected chi connectivity index (χ3v) is 6.41. The molecule has 0 saturated carbocycles. The standard InChI is InChI=1S/C25H19BrN4O2S/c26-20-9-6-18(7-10-20)14-28-30-22(16-33-25(30)27-13-17-4-2-1-3-5-17)19-8-11-23-21(12-19)29-24(31)15-32-23/h1-12,14,16H,13,15H2,(H,29,31). The summed E-state index contributed by atoms with van der Waals surface area (Å²) in [6.07, 6.45) is 1.81. The van der Waals surface area contributed by atoms with Crippen LogP contribution < -0.4 is 14.9 Å². The summed E-state index contributed by atoms with van der Waals surface area (Å²) in [7, 11) is 0. The molecule has 0 atom stereocenters. The van der Waals surface area contributed by atoms with Crippen LogP contribution in [0.2, 0.25) is 0 Å². The molecule has 0 spiro atoms. The maximum atomic E-state index is 11.8. The normalized spacial score (nSPS) is 13.6. The average molecular weight is 519 g/mol. The van der Waals surface area contributed by atoms with E-state index in [0.29, 0.717) is 18.0 Å². The van der Waals surface area contributed by atoms with Gasteiger partial charge in [0, 0.05) is 15.4 Å². The first-order chi connectivity index (χ1) is 16.2. The van der Waals surface area contributed by atoms with Gasteiger partial charge in [-0.25, -0.2) is 4.68 Å². The second kappa shape index (κ2) is 9.56. The molecular weight excluding hydrogens is 500 g/mol. The summed E-state index contributed by atoms with van der Waals surface area (Å²) in [6, 6.07) is 23.8. The van der Waals surface area contributed by atoms with Gasteiger partial charge in [0.05, 0.1) is 24.1 Å². The van der Waals surface area contributed by atoms with Gasteiger partial charge in [-0.3, -0.25) is 9.79 Å². The Morgan fingerprint density at radius 2 is 1.91 bits per heavy atom. The Morgan fingerprint density at radius 1 is 1.09 bits per heavy atom. The molecule has 33 heavy (non-hydrogen) atoms. The van der Waals surface area contributed by atoms with Crippen molar-refractivity contribution in [2.45, 2.75) is 6.54 Å². The molecule has 1 amide bonds. The summed E-state index contributed by atoms with van der Waals surface area (Å²) in [5.41, 5.74) is 4.54. The summed E-state index contributed by atoms with van der Waals surface area (Å²) in [5, 5.41) is 9.65. The van der Waals surface area contributed by atoms with E-state index in [1.807, 2.05) is 76.9 Å². The van der Waals surface area contributed by atoms with Gasteiger partial charge in [-0.1, -0.05) is 58.4 Å². The lowest BCUT2D eigenvalue weighted by molar-refractivity contribution is -0.118. The van der Waals surface area contributed by atoms with Crippen LogP contribution in [0.3, 0.4) is 0 Å². The molecule has 6 nitrogen and oxygen atoms in total. The minimum absolute atomic E-state index is 0.0325. The van der Waals surface area contributed by atoms with Crippen LogP contribution in [-0.4, -0.2) is 23.4 Å². The number of halogens is 1. The van der Waals surface area contributed by atoms with Crippen molar-refractivity contribution in [3.63, 3.8) is 0 Å². The maximum Gasteiger partial charge on any atom is 0.262 e. The lowest BCUT2D eigenvalue weighted by atomic mass is 10.1. The summed E-state index contributed by atoms with van der Waals surface area (Å²) < 4.78 is 8.35. The van der Waals surface area contributed by atoms with Crippen LogP contribution in [-0.2, 0) is 11.3 Å². The Balaban J connectivity index is 1.56. The van der Waals surface area contributed by atoms with Gasteiger partial charge in [-0.15, -0.1) is 11.3 Å². The first-order valence-electron chi connectivity index (χ1n) is 10.3. The Morgan fingerprint density at radius 3 is 2.73 bits per heavy atom. The molecule has 1 N–H and O–H groups in total. The predicted octanol–water partition coefficient (Wildman–Crippen LogP) is 5.29. The number of fused-ring (bicyclic) bond motifs is 1. The van der Waals surface area contributed by atoms with E-state index >= 15 is 0 Å². The van der Waals surface area contributed by atoms with Gasteiger partial charge in [0.15, 0.2) is 6.61 Å². The molecule has 0 radical (unpaired) electrons. The van der Waals surface area contributed by atoms with E-state index in [9.17, 15) is 4.79 Å². The zero-order valence-corrected chi connectivity index (χ0v) is 19.8. The van der Waals surface area contributed by atoms with Gasteiger partial charge in [0.1, 0.15) is 5.75 Å². The molecule has 0 unspecified atom stereocenters. The SMILES string of the molecule is O=C1COc2ccc(-c3csc(=NCc4ccccc4)n3N=Cc3ccc(Br)cc3)cc2N1. The minimum atomic E-state index is -0.162. The molecule has 164 valence electrons. The third kappa shape index (κ3) is 4.97. The van der Waals surface area contributed by atoms with Crippen molar-refractivity contribution in [1.29, 1.82) is 0 Å².